The fourth-order valence-corrected chi connectivity index (χ4v) is 3.04. The number of aromatic nitrogens is 2. The van der Waals surface area contributed by atoms with Crippen LogP contribution in [0.2, 0.25) is 0 Å². The largest absolute Gasteiger partial charge is 0.467 e. The minimum absolute atomic E-state index is 0.370. The molecule has 0 saturated heterocycles. The Morgan fingerprint density at radius 2 is 2.09 bits per heavy atom. The van der Waals surface area contributed by atoms with Gasteiger partial charge in [0.15, 0.2) is 5.16 Å². The standard InChI is InChI=1S/C16H12BrN3OS/c17-13-5-3-12(4-6-13)15-10-19-16(22-9-7-18)20(15)11-14-2-1-8-21-14/h1-6,8,10H,9,11H2. The first-order valence-corrected chi connectivity index (χ1v) is 8.39. The highest BCUT2D eigenvalue weighted by molar-refractivity contribution is 9.10. The van der Waals surface area contributed by atoms with Crippen LogP contribution in [0.3, 0.4) is 0 Å². The number of imidazole rings is 1. The van der Waals surface area contributed by atoms with E-state index in [4.69, 9.17) is 9.68 Å². The zero-order valence-electron chi connectivity index (χ0n) is 11.6. The van der Waals surface area contributed by atoms with Gasteiger partial charge in [-0.1, -0.05) is 39.8 Å². The summed E-state index contributed by atoms with van der Waals surface area (Å²) in [4.78, 5) is 4.45. The Kier molecular flexibility index (Phi) is 4.66. The second-order valence-electron chi connectivity index (χ2n) is 4.55. The van der Waals surface area contributed by atoms with Crippen molar-refractivity contribution in [2.24, 2.45) is 0 Å². The zero-order valence-corrected chi connectivity index (χ0v) is 14.0. The van der Waals surface area contributed by atoms with Crippen LogP contribution in [-0.2, 0) is 6.54 Å². The SMILES string of the molecule is N#CCSc1ncc(-c2ccc(Br)cc2)n1Cc1ccco1. The number of thioether (sulfide) groups is 1. The summed E-state index contributed by atoms with van der Waals surface area (Å²) < 4.78 is 8.55. The lowest BCUT2D eigenvalue weighted by Crippen LogP contribution is -2.03. The average Bonchev–Trinajstić information content (AvgIpc) is 3.17. The zero-order chi connectivity index (χ0) is 15.4. The number of nitrogens with zero attached hydrogens (tertiary/aromatic N) is 3. The van der Waals surface area contributed by atoms with Crippen molar-refractivity contribution in [3.63, 3.8) is 0 Å². The van der Waals surface area contributed by atoms with Gasteiger partial charge in [0.05, 0.1) is 36.5 Å². The van der Waals surface area contributed by atoms with Crippen LogP contribution in [0.15, 0.2) is 62.9 Å². The van der Waals surface area contributed by atoms with Crippen LogP contribution in [-0.4, -0.2) is 15.3 Å². The summed E-state index contributed by atoms with van der Waals surface area (Å²) >= 11 is 4.87. The molecule has 22 heavy (non-hydrogen) atoms. The number of furan rings is 1. The van der Waals surface area contributed by atoms with E-state index in [2.05, 4.69) is 31.6 Å². The van der Waals surface area contributed by atoms with E-state index >= 15 is 0 Å². The van der Waals surface area contributed by atoms with Gasteiger partial charge in [-0.05, 0) is 29.8 Å². The summed E-state index contributed by atoms with van der Waals surface area (Å²) in [6, 6.07) is 14.0. The van der Waals surface area contributed by atoms with Gasteiger partial charge < -0.3 is 8.98 Å². The van der Waals surface area contributed by atoms with Gasteiger partial charge in [0.25, 0.3) is 0 Å². The molecule has 0 aliphatic rings. The van der Waals surface area contributed by atoms with E-state index in [1.54, 1.807) is 6.26 Å². The molecule has 0 N–H and O–H groups in total. The number of benzene rings is 1. The summed E-state index contributed by atoms with van der Waals surface area (Å²) in [7, 11) is 0. The van der Waals surface area contributed by atoms with E-state index in [1.165, 1.54) is 11.8 Å². The van der Waals surface area contributed by atoms with Crippen molar-refractivity contribution in [1.29, 1.82) is 5.26 Å². The van der Waals surface area contributed by atoms with Gasteiger partial charge in [0, 0.05) is 4.47 Å². The van der Waals surface area contributed by atoms with Gasteiger partial charge in [-0.15, -0.1) is 0 Å². The molecule has 3 rings (SSSR count). The third kappa shape index (κ3) is 3.26. The fourth-order valence-electron chi connectivity index (χ4n) is 2.13. The molecule has 0 aliphatic carbocycles. The van der Waals surface area contributed by atoms with Crippen LogP contribution in [0.25, 0.3) is 11.3 Å². The molecule has 0 unspecified atom stereocenters. The Bertz CT molecular complexity index is 788. The van der Waals surface area contributed by atoms with Crippen LogP contribution in [0.1, 0.15) is 5.76 Å². The molecule has 0 spiro atoms. The molecule has 3 aromatic rings. The summed E-state index contributed by atoms with van der Waals surface area (Å²) in [6.45, 7) is 0.589. The molecular weight excluding hydrogens is 362 g/mol. The quantitative estimate of drug-likeness (QED) is 0.614. The maximum Gasteiger partial charge on any atom is 0.169 e. The summed E-state index contributed by atoms with van der Waals surface area (Å²) in [5.41, 5.74) is 2.08. The number of nitriles is 1. The normalized spacial score (nSPS) is 10.5. The van der Waals surface area contributed by atoms with Crippen molar-refractivity contribution < 1.29 is 4.42 Å². The lowest BCUT2D eigenvalue weighted by Gasteiger charge is -2.10. The Hall–Kier alpha value is -1.97. The minimum Gasteiger partial charge on any atom is -0.467 e. The molecule has 1 aromatic carbocycles. The van der Waals surface area contributed by atoms with E-state index in [0.717, 1.165) is 26.6 Å². The lowest BCUT2D eigenvalue weighted by molar-refractivity contribution is 0.485. The second-order valence-corrected chi connectivity index (χ2v) is 6.40. The number of hydrogen-bond acceptors (Lipinski definition) is 4. The van der Waals surface area contributed by atoms with E-state index in [1.807, 2.05) is 42.6 Å². The van der Waals surface area contributed by atoms with E-state index in [-0.39, 0.29) is 0 Å². The minimum atomic E-state index is 0.370. The van der Waals surface area contributed by atoms with Crippen molar-refractivity contribution in [3.8, 4) is 17.3 Å². The van der Waals surface area contributed by atoms with Gasteiger partial charge in [0.1, 0.15) is 5.76 Å². The summed E-state index contributed by atoms with van der Waals surface area (Å²) in [5, 5.41) is 9.61. The smallest absolute Gasteiger partial charge is 0.169 e. The van der Waals surface area contributed by atoms with Crippen LogP contribution < -0.4 is 0 Å². The van der Waals surface area contributed by atoms with Crippen LogP contribution in [0.5, 0.6) is 0 Å². The predicted molar refractivity (Wildman–Crippen MR) is 89.5 cm³/mol. The highest BCUT2D eigenvalue weighted by atomic mass is 79.9. The number of halogens is 1. The van der Waals surface area contributed by atoms with E-state index in [9.17, 15) is 0 Å². The predicted octanol–water partition coefficient (Wildman–Crippen LogP) is 4.57. The molecule has 110 valence electrons. The maximum atomic E-state index is 8.80. The summed E-state index contributed by atoms with van der Waals surface area (Å²) in [6.07, 6.45) is 3.50. The Morgan fingerprint density at radius 1 is 1.27 bits per heavy atom. The molecule has 0 radical (unpaired) electrons. The van der Waals surface area contributed by atoms with Crippen molar-refractivity contribution in [3.05, 3.63) is 59.1 Å². The molecule has 0 atom stereocenters. The molecule has 0 saturated carbocycles. The van der Waals surface area contributed by atoms with Gasteiger partial charge in [0.2, 0.25) is 0 Å². The van der Waals surface area contributed by atoms with Crippen LogP contribution in [0.4, 0.5) is 0 Å². The third-order valence-electron chi connectivity index (χ3n) is 3.12. The van der Waals surface area contributed by atoms with Crippen molar-refractivity contribution in [1.82, 2.24) is 9.55 Å². The monoisotopic (exact) mass is 373 g/mol. The van der Waals surface area contributed by atoms with Gasteiger partial charge in [-0.2, -0.15) is 5.26 Å². The first kappa shape index (κ1) is 14.9. The molecule has 4 nitrogen and oxygen atoms in total. The van der Waals surface area contributed by atoms with E-state index < -0.39 is 0 Å². The lowest BCUT2D eigenvalue weighted by atomic mass is 10.2. The highest BCUT2D eigenvalue weighted by Gasteiger charge is 2.13. The van der Waals surface area contributed by atoms with Crippen LogP contribution >= 0.6 is 27.7 Å². The molecule has 2 heterocycles. The highest BCUT2D eigenvalue weighted by Crippen LogP contribution is 2.28. The average molecular weight is 374 g/mol. The molecule has 0 bridgehead atoms. The molecule has 0 fully saturated rings. The van der Waals surface area contributed by atoms with Crippen molar-refractivity contribution in [2.45, 2.75) is 11.7 Å². The fraction of sp³-hybridized carbons (Fsp3) is 0.125. The summed E-state index contributed by atoms with van der Waals surface area (Å²) in [5.74, 6) is 1.23. The van der Waals surface area contributed by atoms with Gasteiger partial charge in [-0.25, -0.2) is 4.98 Å². The first-order chi connectivity index (χ1) is 10.8. The molecule has 2 aromatic heterocycles. The molecule has 6 heteroatoms. The Morgan fingerprint density at radius 3 is 2.77 bits per heavy atom. The first-order valence-electron chi connectivity index (χ1n) is 6.61. The number of rotatable bonds is 5. The molecule has 0 aliphatic heterocycles. The van der Waals surface area contributed by atoms with E-state index in [0.29, 0.717) is 12.3 Å². The van der Waals surface area contributed by atoms with Gasteiger partial charge >= 0.3 is 0 Å². The third-order valence-corrected chi connectivity index (χ3v) is 4.50. The molecule has 0 amide bonds. The van der Waals surface area contributed by atoms with Crippen LogP contribution in [0, 0.1) is 11.3 Å². The molecular formula is C16H12BrN3OS. The Labute approximate surface area is 140 Å². The van der Waals surface area contributed by atoms with Gasteiger partial charge in [-0.3, -0.25) is 0 Å². The van der Waals surface area contributed by atoms with Crippen molar-refractivity contribution >= 4 is 27.7 Å². The Balaban J connectivity index is 2.00. The maximum absolute atomic E-state index is 8.80. The second kappa shape index (κ2) is 6.86. The number of hydrogen-bond donors (Lipinski definition) is 0. The topological polar surface area (TPSA) is 54.8 Å². The van der Waals surface area contributed by atoms with Crippen molar-refractivity contribution in [2.75, 3.05) is 5.75 Å².